The number of allylic oxidation sites excluding steroid dienone is 18. The molecular weight excluding hydrogens is 973 g/mol. The number of rotatable bonds is 60. The molecule has 0 bridgehead atoms. The summed E-state index contributed by atoms with van der Waals surface area (Å²) in [6, 6.07) is 0. The lowest BCUT2D eigenvalue weighted by Gasteiger charge is -2.18. The molecule has 0 aromatic carbocycles. The van der Waals surface area contributed by atoms with Crippen LogP contribution in [0.25, 0.3) is 0 Å². The van der Waals surface area contributed by atoms with E-state index in [1.54, 1.807) is 0 Å². The molecule has 1 unspecified atom stereocenters. The summed E-state index contributed by atoms with van der Waals surface area (Å²) < 4.78 is 16.9. The third-order valence-corrected chi connectivity index (χ3v) is 14.2. The number of carbonyl (C=O) groups excluding carboxylic acids is 3. The molecule has 0 amide bonds. The van der Waals surface area contributed by atoms with E-state index in [-0.39, 0.29) is 31.1 Å². The van der Waals surface area contributed by atoms with Crippen molar-refractivity contribution in [2.75, 3.05) is 13.2 Å². The first-order valence-corrected chi connectivity index (χ1v) is 33.4. The van der Waals surface area contributed by atoms with Gasteiger partial charge in [0, 0.05) is 19.3 Å². The van der Waals surface area contributed by atoms with Crippen LogP contribution in [0.2, 0.25) is 0 Å². The molecule has 0 spiro atoms. The number of ether oxygens (including phenoxy) is 3. The van der Waals surface area contributed by atoms with Gasteiger partial charge in [0.25, 0.3) is 0 Å². The van der Waals surface area contributed by atoms with Crippen molar-refractivity contribution in [1.29, 1.82) is 0 Å². The maximum absolute atomic E-state index is 12.9. The van der Waals surface area contributed by atoms with Gasteiger partial charge in [0.1, 0.15) is 13.2 Å². The van der Waals surface area contributed by atoms with E-state index in [1.807, 2.05) is 0 Å². The third-order valence-electron chi connectivity index (χ3n) is 14.2. The lowest BCUT2D eigenvalue weighted by Crippen LogP contribution is -2.30. The Morgan fingerprint density at radius 2 is 0.519 bits per heavy atom. The maximum atomic E-state index is 12.9. The van der Waals surface area contributed by atoms with E-state index in [4.69, 9.17) is 14.2 Å². The number of hydrogen-bond donors (Lipinski definition) is 0. The maximum Gasteiger partial charge on any atom is 0.306 e. The number of hydrogen-bond acceptors (Lipinski definition) is 6. The zero-order valence-electron chi connectivity index (χ0n) is 51.9. The summed E-state index contributed by atoms with van der Waals surface area (Å²) >= 11 is 0. The predicted molar refractivity (Wildman–Crippen MR) is 343 cm³/mol. The molecule has 0 N–H and O–H groups in total. The van der Waals surface area contributed by atoms with Crippen molar-refractivity contribution in [1.82, 2.24) is 0 Å². The van der Waals surface area contributed by atoms with Crippen LogP contribution in [0.4, 0.5) is 0 Å². The van der Waals surface area contributed by atoms with E-state index >= 15 is 0 Å². The van der Waals surface area contributed by atoms with E-state index in [0.717, 1.165) is 141 Å². The summed E-state index contributed by atoms with van der Waals surface area (Å²) in [6.07, 6.45) is 91.0. The molecule has 0 aliphatic carbocycles. The summed E-state index contributed by atoms with van der Waals surface area (Å²) in [4.78, 5) is 38.3. The highest BCUT2D eigenvalue weighted by atomic mass is 16.6. The Morgan fingerprint density at radius 1 is 0.266 bits per heavy atom. The molecule has 0 saturated heterocycles. The first kappa shape index (κ1) is 75.1. The Bertz CT molecular complexity index is 1590. The quantitative estimate of drug-likeness (QED) is 0.0261. The summed E-state index contributed by atoms with van der Waals surface area (Å²) in [7, 11) is 0. The Labute approximate surface area is 489 Å². The van der Waals surface area contributed by atoms with Crippen molar-refractivity contribution in [2.45, 2.75) is 322 Å². The molecular formula is C73H124O6. The second-order valence-electron chi connectivity index (χ2n) is 22.0. The fraction of sp³-hybridized carbons (Fsp3) is 0.712. The summed E-state index contributed by atoms with van der Waals surface area (Å²) in [5.74, 6) is -0.905. The van der Waals surface area contributed by atoms with Crippen molar-refractivity contribution >= 4 is 17.9 Å². The molecule has 0 aliphatic heterocycles. The van der Waals surface area contributed by atoms with Crippen LogP contribution in [0.1, 0.15) is 316 Å². The molecule has 0 aliphatic rings. The van der Waals surface area contributed by atoms with Crippen molar-refractivity contribution < 1.29 is 28.6 Å². The monoisotopic (exact) mass is 1100 g/mol. The van der Waals surface area contributed by atoms with E-state index < -0.39 is 6.10 Å². The molecule has 79 heavy (non-hydrogen) atoms. The summed E-state index contributed by atoms with van der Waals surface area (Å²) in [5, 5.41) is 0. The fourth-order valence-corrected chi connectivity index (χ4v) is 9.24. The molecule has 452 valence electrons. The molecule has 0 aromatic rings. The van der Waals surface area contributed by atoms with Gasteiger partial charge in [0.05, 0.1) is 0 Å². The van der Waals surface area contributed by atoms with Gasteiger partial charge in [-0.2, -0.15) is 0 Å². The van der Waals surface area contributed by atoms with Gasteiger partial charge >= 0.3 is 17.9 Å². The van der Waals surface area contributed by atoms with Crippen LogP contribution < -0.4 is 0 Å². The number of esters is 3. The average molecular weight is 1100 g/mol. The zero-order valence-corrected chi connectivity index (χ0v) is 51.9. The highest BCUT2D eigenvalue weighted by Crippen LogP contribution is 2.16. The largest absolute Gasteiger partial charge is 0.462 e. The molecule has 1 atom stereocenters. The van der Waals surface area contributed by atoms with Crippen LogP contribution in [-0.2, 0) is 28.6 Å². The Hall–Kier alpha value is -3.93. The standard InChI is InChI=1S/C73H124O6/c1-4-7-10-13-16-19-22-25-27-29-31-32-33-34-35-36-37-38-39-40-42-43-45-48-51-54-57-60-63-66-72(75)78-69-70(68-77-71(74)65-62-59-56-53-50-47-24-21-18-15-12-9-6-3)79-73(76)67-64-61-58-55-52-49-46-44-41-30-28-26-23-20-17-14-11-8-5-2/h7,10,12,15-17,19-21,24-28,31-32,41,44,70H,4-6,8-9,11,13-14,18,22-23,29-30,33-40,42-43,45-69H2,1-3H3/b10-7-,15-12-,19-16-,20-17-,24-21-,27-25-,28-26-,32-31-,44-41-. The van der Waals surface area contributed by atoms with E-state index in [9.17, 15) is 14.4 Å². The van der Waals surface area contributed by atoms with Crippen molar-refractivity contribution in [2.24, 2.45) is 0 Å². The molecule has 0 aromatic heterocycles. The smallest absolute Gasteiger partial charge is 0.306 e. The van der Waals surface area contributed by atoms with Crippen LogP contribution in [0.15, 0.2) is 109 Å². The lowest BCUT2D eigenvalue weighted by atomic mass is 10.0. The Morgan fingerprint density at radius 3 is 0.823 bits per heavy atom. The van der Waals surface area contributed by atoms with Gasteiger partial charge in [0.2, 0.25) is 0 Å². The van der Waals surface area contributed by atoms with Gasteiger partial charge in [-0.25, -0.2) is 0 Å². The normalized spacial score (nSPS) is 12.8. The SMILES string of the molecule is CC/C=C\C/C=C\C/C=C\C/C=C\CCCCCCCCCCCCCCCCCCC(=O)OCC(COC(=O)CCCCCCC/C=C\C/C=C\CCC)OC(=O)CCCCCCCC/C=C\C/C=C\C/C=C\CCCCC. The van der Waals surface area contributed by atoms with E-state index in [1.165, 1.54) is 135 Å². The second kappa shape index (κ2) is 66.6. The molecule has 6 nitrogen and oxygen atoms in total. The second-order valence-corrected chi connectivity index (χ2v) is 22.0. The van der Waals surface area contributed by atoms with Crippen LogP contribution in [0.5, 0.6) is 0 Å². The highest BCUT2D eigenvalue weighted by molar-refractivity contribution is 5.71. The summed E-state index contributed by atoms with van der Waals surface area (Å²) in [5.41, 5.74) is 0. The molecule has 6 heteroatoms. The third kappa shape index (κ3) is 64.8. The molecule has 0 radical (unpaired) electrons. The number of unbranched alkanes of at least 4 members (excludes halogenated alkanes) is 31. The first-order chi connectivity index (χ1) is 39.0. The molecule has 0 saturated carbocycles. The van der Waals surface area contributed by atoms with Crippen LogP contribution in [0, 0.1) is 0 Å². The fourth-order valence-electron chi connectivity index (χ4n) is 9.24. The minimum Gasteiger partial charge on any atom is -0.462 e. The van der Waals surface area contributed by atoms with Gasteiger partial charge < -0.3 is 14.2 Å². The van der Waals surface area contributed by atoms with Crippen LogP contribution in [-0.4, -0.2) is 37.2 Å². The van der Waals surface area contributed by atoms with Crippen molar-refractivity contribution in [3.8, 4) is 0 Å². The Kier molecular flexibility index (Phi) is 63.3. The average Bonchev–Trinajstić information content (AvgIpc) is 3.45. The highest BCUT2D eigenvalue weighted by Gasteiger charge is 2.19. The van der Waals surface area contributed by atoms with Gasteiger partial charge in [-0.15, -0.1) is 0 Å². The van der Waals surface area contributed by atoms with E-state index in [0.29, 0.717) is 19.3 Å². The minimum atomic E-state index is -0.793. The predicted octanol–water partition coefficient (Wildman–Crippen LogP) is 23.0. The van der Waals surface area contributed by atoms with E-state index in [2.05, 4.69) is 130 Å². The molecule has 0 fully saturated rings. The van der Waals surface area contributed by atoms with Crippen LogP contribution >= 0.6 is 0 Å². The molecule has 0 heterocycles. The van der Waals surface area contributed by atoms with Crippen molar-refractivity contribution in [3.05, 3.63) is 109 Å². The van der Waals surface area contributed by atoms with Crippen molar-refractivity contribution in [3.63, 3.8) is 0 Å². The van der Waals surface area contributed by atoms with Gasteiger partial charge in [-0.3, -0.25) is 14.4 Å². The minimum absolute atomic E-state index is 0.0869. The van der Waals surface area contributed by atoms with Gasteiger partial charge in [-0.05, 0) is 122 Å². The summed E-state index contributed by atoms with van der Waals surface area (Å²) in [6.45, 7) is 6.44. The number of carbonyl (C=O) groups is 3. The van der Waals surface area contributed by atoms with Crippen LogP contribution in [0.3, 0.4) is 0 Å². The van der Waals surface area contributed by atoms with Gasteiger partial charge in [-0.1, -0.05) is 284 Å². The zero-order chi connectivity index (χ0) is 57.1. The van der Waals surface area contributed by atoms with Gasteiger partial charge in [0.15, 0.2) is 6.10 Å². The lowest BCUT2D eigenvalue weighted by molar-refractivity contribution is -0.167. The first-order valence-electron chi connectivity index (χ1n) is 33.4. The topological polar surface area (TPSA) is 78.9 Å². The Balaban J connectivity index is 4.27. The molecule has 0 rings (SSSR count).